The Bertz CT molecular complexity index is 261. The molecular weight excluding hydrogens is 200 g/mol. The number of aliphatic hydroxyl groups is 1. The van der Waals surface area contributed by atoms with Gasteiger partial charge in [0.05, 0.1) is 12.1 Å². The molecule has 6 nitrogen and oxygen atoms in total. The number of hydrogen-bond acceptors (Lipinski definition) is 4. The minimum atomic E-state index is -1.27. The molecule has 1 fully saturated rings. The molecule has 1 unspecified atom stereocenters. The lowest BCUT2D eigenvalue weighted by atomic mass is 9.98. The maximum absolute atomic E-state index is 11.6. The topological polar surface area (TPSA) is 113 Å². The zero-order valence-electron chi connectivity index (χ0n) is 8.40. The van der Waals surface area contributed by atoms with Crippen molar-refractivity contribution in [1.82, 2.24) is 5.32 Å². The maximum atomic E-state index is 11.6. The van der Waals surface area contributed by atoms with E-state index in [1.54, 1.807) is 0 Å². The summed E-state index contributed by atoms with van der Waals surface area (Å²) in [6, 6.07) is -1.27. The van der Waals surface area contributed by atoms with Crippen LogP contribution in [0.4, 0.5) is 0 Å². The molecule has 0 saturated heterocycles. The fourth-order valence-electron chi connectivity index (χ4n) is 1.72. The van der Waals surface area contributed by atoms with Crippen molar-refractivity contribution in [3.63, 3.8) is 0 Å². The Kier molecular flexibility index (Phi) is 3.65. The normalized spacial score (nSPS) is 20.9. The van der Waals surface area contributed by atoms with Crippen LogP contribution in [-0.4, -0.2) is 40.3 Å². The molecule has 0 bridgehead atoms. The predicted octanol–water partition coefficient (Wildman–Crippen LogP) is -1.18. The third-order valence-electron chi connectivity index (χ3n) is 2.73. The van der Waals surface area contributed by atoms with Gasteiger partial charge < -0.3 is 21.3 Å². The maximum Gasteiger partial charge on any atom is 0.328 e. The van der Waals surface area contributed by atoms with Crippen molar-refractivity contribution in [3.8, 4) is 0 Å². The van der Waals surface area contributed by atoms with Crippen LogP contribution in [0.2, 0.25) is 0 Å². The van der Waals surface area contributed by atoms with E-state index in [4.69, 9.17) is 15.9 Å². The number of amides is 1. The van der Waals surface area contributed by atoms with E-state index in [2.05, 4.69) is 5.32 Å². The van der Waals surface area contributed by atoms with Gasteiger partial charge in [0.1, 0.15) is 6.04 Å². The molecule has 15 heavy (non-hydrogen) atoms. The molecule has 0 aromatic heterocycles. The fraction of sp³-hybridized carbons (Fsp3) is 0.778. The zero-order valence-corrected chi connectivity index (χ0v) is 8.40. The van der Waals surface area contributed by atoms with E-state index in [-0.39, 0.29) is 0 Å². The second-order valence-corrected chi connectivity index (χ2v) is 3.91. The van der Waals surface area contributed by atoms with E-state index in [9.17, 15) is 9.59 Å². The lowest BCUT2D eigenvalue weighted by molar-refractivity contribution is -0.143. The van der Waals surface area contributed by atoms with Crippen LogP contribution in [-0.2, 0) is 9.59 Å². The van der Waals surface area contributed by atoms with Crippen molar-refractivity contribution in [2.75, 3.05) is 6.61 Å². The number of aliphatic hydroxyl groups excluding tert-OH is 1. The highest BCUT2D eigenvalue weighted by Gasteiger charge is 2.38. The Hall–Kier alpha value is -1.14. The third kappa shape index (κ3) is 2.66. The molecule has 6 heteroatoms. The van der Waals surface area contributed by atoms with Crippen molar-refractivity contribution in [2.45, 2.75) is 37.3 Å². The molecule has 86 valence electrons. The molecule has 1 atom stereocenters. The molecule has 5 N–H and O–H groups in total. The highest BCUT2D eigenvalue weighted by Crippen LogP contribution is 2.27. The molecule has 1 aliphatic rings. The van der Waals surface area contributed by atoms with Crippen LogP contribution in [0.15, 0.2) is 0 Å². The van der Waals surface area contributed by atoms with Crippen LogP contribution < -0.4 is 11.1 Å². The summed E-state index contributed by atoms with van der Waals surface area (Å²) < 4.78 is 0. The van der Waals surface area contributed by atoms with E-state index >= 15 is 0 Å². The van der Waals surface area contributed by atoms with Gasteiger partial charge in [-0.15, -0.1) is 0 Å². The Morgan fingerprint density at radius 1 is 1.40 bits per heavy atom. The molecule has 0 aliphatic heterocycles. The number of hydrogen-bond donors (Lipinski definition) is 4. The average Bonchev–Trinajstić information content (AvgIpc) is 2.61. The van der Waals surface area contributed by atoms with E-state index < -0.39 is 30.1 Å². The van der Waals surface area contributed by atoms with Crippen LogP contribution in [0.1, 0.15) is 25.7 Å². The first-order chi connectivity index (χ1) is 6.99. The van der Waals surface area contributed by atoms with Gasteiger partial charge in [-0.25, -0.2) is 4.79 Å². The molecule has 1 amide bonds. The van der Waals surface area contributed by atoms with Crippen molar-refractivity contribution in [3.05, 3.63) is 0 Å². The highest BCUT2D eigenvalue weighted by molar-refractivity contribution is 5.90. The SMILES string of the molecule is NC1(C(=O)NC(CO)C(=O)O)CCCC1. The Morgan fingerprint density at radius 2 is 1.93 bits per heavy atom. The molecule has 0 aromatic rings. The van der Waals surface area contributed by atoms with Gasteiger partial charge in [-0.05, 0) is 12.8 Å². The van der Waals surface area contributed by atoms with E-state index in [1.165, 1.54) is 0 Å². The summed E-state index contributed by atoms with van der Waals surface area (Å²) in [5, 5.41) is 19.6. The van der Waals surface area contributed by atoms with Gasteiger partial charge in [0.2, 0.25) is 5.91 Å². The molecule has 1 saturated carbocycles. The van der Waals surface area contributed by atoms with Crippen LogP contribution in [0.25, 0.3) is 0 Å². The van der Waals surface area contributed by atoms with Crippen molar-refractivity contribution in [2.24, 2.45) is 5.73 Å². The summed E-state index contributed by atoms with van der Waals surface area (Å²) in [5.41, 5.74) is 4.86. The Labute approximate surface area is 87.5 Å². The summed E-state index contributed by atoms with van der Waals surface area (Å²) in [5.74, 6) is -1.74. The zero-order chi connectivity index (χ0) is 11.5. The number of aliphatic carboxylic acids is 1. The quantitative estimate of drug-likeness (QED) is 0.472. The largest absolute Gasteiger partial charge is 0.480 e. The molecule has 0 spiro atoms. The molecule has 0 aromatic carbocycles. The minimum Gasteiger partial charge on any atom is -0.480 e. The lowest BCUT2D eigenvalue weighted by Gasteiger charge is -2.24. The van der Waals surface area contributed by atoms with E-state index in [0.717, 1.165) is 12.8 Å². The second kappa shape index (κ2) is 4.59. The monoisotopic (exact) mass is 216 g/mol. The molecule has 1 aliphatic carbocycles. The van der Waals surface area contributed by atoms with Gasteiger partial charge >= 0.3 is 5.97 Å². The number of nitrogens with two attached hydrogens (primary N) is 1. The number of carbonyl (C=O) groups excluding carboxylic acids is 1. The summed E-state index contributed by atoms with van der Waals surface area (Å²) in [6.07, 6.45) is 2.88. The third-order valence-corrected chi connectivity index (χ3v) is 2.73. The minimum absolute atomic E-state index is 0.485. The Balaban J connectivity index is 2.57. The number of nitrogens with one attached hydrogen (secondary N) is 1. The van der Waals surface area contributed by atoms with Crippen molar-refractivity contribution >= 4 is 11.9 Å². The van der Waals surface area contributed by atoms with E-state index in [1.807, 2.05) is 0 Å². The van der Waals surface area contributed by atoms with Gasteiger partial charge in [-0.3, -0.25) is 4.79 Å². The van der Waals surface area contributed by atoms with Crippen LogP contribution in [0, 0.1) is 0 Å². The first-order valence-corrected chi connectivity index (χ1v) is 4.93. The van der Waals surface area contributed by atoms with Gasteiger partial charge in [-0.1, -0.05) is 12.8 Å². The lowest BCUT2D eigenvalue weighted by Crippen LogP contribution is -2.56. The highest BCUT2D eigenvalue weighted by atomic mass is 16.4. The fourth-order valence-corrected chi connectivity index (χ4v) is 1.72. The summed E-state index contributed by atoms with van der Waals surface area (Å²) >= 11 is 0. The molecule has 0 radical (unpaired) electrons. The number of rotatable bonds is 4. The van der Waals surface area contributed by atoms with E-state index in [0.29, 0.717) is 12.8 Å². The smallest absolute Gasteiger partial charge is 0.328 e. The summed E-state index contributed by atoms with van der Waals surface area (Å²) in [6.45, 7) is -0.628. The molecule has 1 rings (SSSR count). The first-order valence-electron chi connectivity index (χ1n) is 4.93. The second-order valence-electron chi connectivity index (χ2n) is 3.91. The average molecular weight is 216 g/mol. The van der Waals surface area contributed by atoms with Gasteiger partial charge in [0.25, 0.3) is 0 Å². The van der Waals surface area contributed by atoms with Crippen LogP contribution >= 0.6 is 0 Å². The molecule has 0 heterocycles. The van der Waals surface area contributed by atoms with Gasteiger partial charge in [0.15, 0.2) is 0 Å². The predicted molar refractivity (Wildman–Crippen MR) is 52.0 cm³/mol. The van der Waals surface area contributed by atoms with Gasteiger partial charge in [0, 0.05) is 0 Å². The molecular formula is C9H16N2O4. The summed E-state index contributed by atoms with van der Waals surface area (Å²) in [4.78, 5) is 22.2. The van der Waals surface area contributed by atoms with Crippen molar-refractivity contribution < 1.29 is 19.8 Å². The Morgan fingerprint density at radius 3 is 2.33 bits per heavy atom. The van der Waals surface area contributed by atoms with Crippen LogP contribution in [0.3, 0.4) is 0 Å². The van der Waals surface area contributed by atoms with Crippen molar-refractivity contribution in [1.29, 1.82) is 0 Å². The number of carboxylic acid groups (broad SMARTS) is 1. The van der Waals surface area contributed by atoms with Gasteiger partial charge in [-0.2, -0.15) is 0 Å². The van der Waals surface area contributed by atoms with Crippen LogP contribution in [0.5, 0.6) is 0 Å². The first kappa shape index (κ1) is 11.9. The summed E-state index contributed by atoms with van der Waals surface area (Å²) in [7, 11) is 0. The standard InChI is InChI=1S/C9H16N2O4/c10-9(3-1-2-4-9)8(15)11-6(5-12)7(13)14/h6,12H,1-5,10H2,(H,11,15)(H,13,14). The number of carboxylic acids is 1. The number of carbonyl (C=O) groups is 2.